The molecule has 1 heterocycles. The molecule has 2 rings (SSSR count). The van der Waals surface area contributed by atoms with Crippen LogP contribution in [0.4, 0.5) is 0 Å². The lowest BCUT2D eigenvalue weighted by atomic mass is 10.1. The van der Waals surface area contributed by atoms with E-state index in [-0.39, 0.29) is 0 Å². The summed E-state index contributed by atoms with van der Waals surface area (Å²) in [7, 11) is 1.50. The van der Waals surface area contributed by atoms with Gasteiger partial charge in [-0.05, 0) is 50.1 Å². The van der Waals surface area contributed by atoms with Gasteiger partial charge in [0.1, 0.15) is 31.8 Å². The zero-order chi connectivity index (χ0) is 18.1. The Morgan fingerprint density at radius 3 is 2.60 bits per heavy atom. The van der Waals surface area contributed by atoms with Crippen LogP contribution in [0.5, 0.6) is 11.5 Å². The molecule has 1 aromatic heterocycles. The first-order valence-corrected chi connectivity index (χ1v) is 8.14. The van der Waals surface area contributed by atoms with E-state index < -0.39 is 0 Å². The van der Waals surface area contributed by atoms with Gasteiger partial charge in [-0.15, -0.1) is 0 Å². The van der Waals surface area contributed by atoms with Crippen LogP contribution in [0.2, 0.25) is 0 Å². The molecule has 5 nitrogen and oxygen atoms in total. The van der Waals surface area contributed by atoms with Gasteiger partial charge in [-0.25, -0.2) is 0 Å². The van der Waals surface area contributed by atoms with Gasteiger partial charge in [-0.1, -0.05) is 23.4 Å². The third-order valence-corrected chi connectivity index (χ3v) is 3.59. The molecular formula is C20H24N2O3. The number of hydrogen-bond acceptors (Lipinski definition) is 5. The molecular weight excluding hydrogens is 316 g/mol. The minimum absolute atomic E-state index is 0.402. The van der Waals surface area contributed by atoms with Crippen molar-refractivity contribution in [2.24, 2.45) is 5.16 Å². The van der Waals surface area contributed by atoms with Crippen molar-refractivity contribution in [3.05, 3.63) is 65.0 Å². The van der Waals surface area contributed by atoms with Gasteiger partial charge in [0, 0.05) is 11.8 Å². The molecule has 0 aliphatic rings. The predicted octanol–water partition coefficient (Wildman–Crippen LogP) is 4.21. The maximum atomic E-state index is 6.04. The SMILES string of the molecule is C/C=C/COc1cc(C)c(OCc2cccnc2/C=N\OC)c(C)c1. The summed E-state index contributed by atoms with van der Waals surface area (Å²) in [4.78, 5) is 9.02. The molecule has 0 atom stereocenters. The zero-order valence-electron chi connectivity index (χ0n) is 15.2. The molecule has 0 bridgehead atoms. The summed E-state index contributed by atoms with van der Waals surface area (Å²) in [5.74, 6) is 1.70. The lowest BCUT2D eigenvalue weighted by Crippen LogP contribution is -2.04. The van der Waals surface area contributed by atoms with Crippen molar-refractivity contribution in [3.8, 4) is 11.5 Å². The van der Waals surface area contributed by atoms with E-state index in [1.807, 2.05) is 57.2 Å². The largest absolute Gasteiger partial charge is 0.490 e. The van der Waals surface area contributed by atoms with Crippen LogP contribution in [0.15, 0.2) is 47.8 Å². The van der Waals surface area contributed by atoms with Crippen LogP contribution in [0.25, 0.3) is 0 Å². The van der Waals surface area contributed by atoms with Gasteiger partial charge in [0.25, 0.3) is 0 Å². The van der Waals surface area contributed by atoms with E-state index in [0.29, 0.717) is 13.2 Å². The Labute approximate surface area is 148 Å². The number of benzene rings is 1. The molecule has 2 aromatic rings. The molecule has 0 saturated carbocycles. The molecule has 1 aromatic carbocycles. The third-order valence-electron chi connectivity index (χ3n) is 3.59. The minimum atomic E-state index is 0.402. The molecule has 0 fully saturated rings. The van der Waals surface area contributed by atoms with Crippen molar-refractivity contribution in [1.29, 1.82) is 0 Å². The van der Waals surface area contributed by atoms with Crippen molar-refractivity contribution in [1.82, 2.24) is 4.98 Å². The second-order valence-electron chi connectivity index (χ2n) is 5.52. The maximum absolute atomic E-state index is 6.04. The molecule has 5 heteroatoms. The Morgan fingerprint density at radius 1 is 1.16 bits per heavy atom. The number of aromatic nitrogens is 1. The van der Waals surface area contributed by atoms with Crippen LogP contribution < -0.4 is 9.47 Å². The van der Waals surface area contributed by atoms with E-state index >= 15 is 0 Å². The fourth-order valence-electron chi connectivity index (χ4n) is 2.40. The van der Waals surface area contributed by atoms with Crippen LogP contribution in [0.3, 0.4) is 0 Å². The Morgan fingerprint density at radius 2 is 1.92 bits per heavy atom. The summed E-state index contributed by atoms with van der Waals surface area (Å²) >= 11 is 0. The number of aryl methyl sites for hydroxylation is 2. The number of nitrogens with zero attached hydrogens (tertiary/aromatic N) is 2. The molecule has 0 amide bonds. The topological polar surface area (TPSA) is 52.9 Å². The van der Waals surface area contributed by atoms with Crippen LogP contribution in [-0.4, -0.2) is 24.9 Å². The van der Waals surface area contributed by atoms with E-state index in [0.717, 1.165) is 33.9 Å². The Kier molecular flexibility index (Phi) is 7.01. The molecule has 0 saturated heterocycles. The van der Waals surface area contributed by atoms with Gasteiger partial charge in [0.2, 0.25) is 0 Å². The van der Waals surface area contributed by atoms with Crippen molar-refractivity contribution >= 4 is 6.21 Å². The highest BCUT2D eigenvalue weighted by Gasteiger charge is 2.09. The van der Waals surface area contributed by atoms with Gasteiger partial charge in [-0.2, -0.15) is 0 Å². The van der Waals surface area contributed by atoms with E-state index in [9.17, 15) is 0 Å². The summed E-state index contributed by atoms with van der Waals surface area (Å²) in [5.41, 5.74) is 3.74. The number of oxime groups is 1. The van der Waals surface area contributed by atoms with Gasteiger partial charge in [-0.3, -0.25) is 4.98 Å². The molecule has 0 N–H and O–H groups in total. The molecule has 25 heavy (non-hydrogen) atoms. The first-order chi connectivity index (χ1) is 12.2. The monoisotopic (exact) mass is 340 g/mol. The summed E-state index contributed by atoms with van der Waals surface area (Å²) in [6, 6.07) is 7.81. The number of allylic oxidation sites excluding steroid dienone is 1. The molecule has 0 spiro atoms. The normalized spacial score (nSPS) is 11.2. The van der Waals surface area contributed by atoms with E-state index in [1.54, 1.807) is 12.4 Å². The summed E-state index contributed by atoms with van der Waals surface area (Å²) < 4.78 is 11.7. The first-order valence-electron chi connectivity index (χ1n) is 8.14. The predicted molar refractivity (Wildman–Crippen MR) is 99.4 cm³/mol. The van der Waals surface area contributed by atoms with E-state index in [4.69, 9.17) is 14.3 Å². The molecule has 0 unspecified atom stereocenters. The zero-order valence-corrected chi connectivity index (χ0v) is 15.2. The second kappa shape index (κ2) is 9.47. The Bertz CT molecular complexity index is 731. The third kappa shape index (κ3) is 5.35. The fourth-order valence-corrected chi connectivity index (χ4v) is 2.40. The molecule has 0 aliphatic heterocycles. The van der Waals surface area contributed by atoms with E-state index in [1.165, 1.54) is 7.11 Å². The smallest absolute Gasteiger partial charge is 0.125 e. The van der Waals surface area contributed by atoms with Crippen LogP contribution >= 0.6 is 0 Å². The summed E-state index contributed by atoms with van der Waals surface area (Å²) in [5, 5.41) is 3.77. The Hall–Kier alpha value is -2.82. The van der Waals surface area contributed by atoms with Gasteiger partial charge in [0.15, 0.2) is 0 Å². The average Bonchev–Trinajstić information content (AvgIpc) is 2.60. The van der Waals surface area contributed by atoms with Crippen LogP contribution in [0, 0.1) is 13.8 Å². The second-order valence-corrected chi connectivity index (χ2v) is 5.52. The highest BCUT2D eigenvalue weighted by atomic mass is 16.6. The molecule has 132 valence electrons. The van der Waals surface area contributed by atoms with Crippen LogP contribution in [-0.2, 0) is 11.4 Å². The van der Waals surface area contributed by atoms with Crippen molar-refractivity contribution in [3.63, 3.8) is 0 Å². The van der Waals surface area contributed by atoms with Crippen molar-refractivity contribution in [2.45, 2.75) is 27.4 Å². The number of hydrogen-bond donors (Lipinski definition) is 0. The quantitative estimate of drug-likeness (QED) is 0.410. The summed E-state index contributed by atoms with van der Waals surface area (Å²) in [6.07, 6.45) is 7.24. The molecule has 0 aliphatic carbocycles. The van der Waals surface area contributed by atoms with Crippen LogP contribution in [0.1, 0.15) is 29.3 Å². The van der Waals surface area contributed by atoms with Gasteiger partial charge < -0.3 is 14.3 Å². The van der Waals surface area contributed by atoms with Crippen molar-refractivity contribution in [2.75, 3.05) is 13.7 Å². The molecule has 0 radical (unpaired) electrons. The lowest BCUT2D eigenvalue weighted by Gasteiger charge is -2.15. The first kappa shape index (κ1) is 18.5. The summed E-state index contributed by atoms with van der Waals surface area (Å²) in [6.45, 7) is 6.97. The van der Waals surface area contributed by atoms with Crippen molar-refractivity contribution < 1.29 is 14.3 Å². The Balaban J connectivity index is 2.12. The fraction of sp³-hybridized carbons (Fsp3) is 0.300. The van der Waals surface area contributed by atoms with Gasteiger partial charge >= 0.3 is 0 Å². The van der Waals surface area contributed by atoms with Gasteiger partial charge in [0.05, 0.1) is 11.9 Å². The lowest BCUT2D eigenvalue weighted by molar-refractivity contribution is 0.215. The number of pyridine rings is 1. The number of rotatable bonds is 8. The minimum Gasteiger partial charge on any atom is -0.490 e. The maximum Gasteiger partial charge on any atom is 0.125 e. The average molecular weight is 340 g/mol. The highest BCUT2D eigenvalue weighted by Crippen LogP contribution is 2.29. The standard InChI is InChI=1S/C20H24N2O3/c1-5-6-10-24-18-11-15(2)20(16(3)12-18)25-14-17-8-7-9-21-19(17)13-22-23-4/h5-9,11-13H,10,14H2,1-4H3/b6-5+,22-13-. The van der Waals surface area contributed by atoms with E-state index in [2.05, 4.69) is 10.1 Å². The number of ether oxygens (including phenoxy) is 2. The highest BCUT2D eigenvalue weighted by molar-refractivity contribution is 5.78.